The summed E-state index contributed by atoms with van der Waals surface area (Å²) in [5.74, 6) is 0. The van der Waals surface area contributed by atoms with E-state index < -0.39 is 36.8 Å². The van der Waals surface area contributed by atoms with Crippen LogP contribution in [0.1, 0.15) is 9.75 Å². The van der Waals surface area contributed by atoms with Gasteiger partial charge >= 0.3 is 158 Å². The van der Waals surface area contributed by atoms with Crippen molar-refractivity contribution < 1.29 is 0 Å². The molecule has 0 atom stereocenters. The van der Waals surface area contributed by atoms with Crippen LogP contribution >= 0.6 is 22.7 Å². The Kier molecular flexibility index (Phi) is 6.24. The van der Waals surface area contributed by atoms with Gasteiger partial charge < -0.3 is 0 Å². The average molecular weight is 562 g/mol. The molecule has 0 spiro atoms. The first kappa shape index (κ1) is 19.7. The summed E-state index contributed by atoms with van der Waals surface area (Å²) in [6.45, 7) is 0. The van der Waals surface area contributed by atoms with Crippen LogP contribution in [-0.2, 0) is 0 Å². The molecule has 126 valence electrons. The molecule has 0 amide bonds. The van der Waals surface area contributed by atoms with E-state index >= 15 is 0 Å². The Morgan fingerprint density at radius 3 is 1.83 bits per heavy atom. The summed E-state index contributed by atoms with van der Waals surface area (Å²) in [5, 5.41) is 3.34. The van der Waals surface area contributed by atoms with Gasteiger partial charge in [-0.05, 0) is 0 Å². The van der Waals surface area contributed by atoms with Gasteiger partial charge in [0.1, 0.15) is 0 Å². The zero-order chi connectivity index (χ0) is 17.4. The zero-order valence-electron chi connectivity index (χ0n) is 15.2. The normalized spacial score (nSPS) is 13.0. The summed E-state index contributed by atoms with van der Waals surface area (Å²) in [6.07, 6.45) is 4.44. The SMILES string of the molecule is CNc1c[c]([Sn]([CH3])([CH3])[CH3])sc1/C=C/c1s[c]([Sn]([CH3])([CH3])[CH3])cc1N. The van der Waals surface area contributed by atoms with E-state index in [1.807, 2.05) is 29.7 Å². The van der Waals surface area contributed by atoms with E-state index in [4.69, 9.17) is 5.73 Å². The van der Waals surface area contributed by atoms with Crippen molar-refractivity contribution in [1.29, 1.82) is 0 Å². The number of hydrogen-bond acceptors (Lipinski definition) is 4. The quantitative estimate of drug-likeness (QED) is 0.520. The van der Waals surface area contributed by atoms with Crippen LogP contribution in [0.15, 0.2) is 12.1 Å². The van der Waals surface area contributed by atoms with Gasteiger partial charge in [-0.2, -0.15) is 0 Å². The summed E-state index contributed by atoms with van der Waals surface area (Å²) in [7, 11) is 2.01. The van der Waals surface area contributed by atoms with Crippen LogP contribution in [0.25, 0.3) is 12.2 Å². The molecular weight excluding hydrogens is 534 g/mol. The van der Waals surface area contributed by atoms with E-state index in [9.17, 15) is 0 Å². The number of thiophene rings is 2. The van der Waals surface area contributed by atoms with Crippen molar-refractivity contribution in [2.75, 3.05) is 18.1 Å². The summed E-state index contributed by atoms with van der Waals surface area (Å²) >= 11 is -0.194. The van der Waals surface area contributed by atoms with Crippen molar-refractivity contribution in [3.63, 3.8) is 0 Å². The number of nitrogens with two attached hydrogens (primary N) is 1. The molecule has 6 heteroatoms. The molecule has 2 aromatic heterocycles. The standard InChI is InChI=1S/C11H10N2S2.6CH3.2Sn/c1-13-9-5-7-15-11(9)3-2-10-8(12)4-6-14-10;;;;;;;;/h2-5,13H,12H2,1H3;6*1H3;;/b3-2+;;;;;;;;. The number of hydrogen-bond donors (Lipinski definition) is 2. The first-order chi connectivity index (χ1) is 10.5. The fraction of sp³-hybridized carbons (Fsp3) is 0.412. The van der Waals surface area contributed by atoms with E-state index in [1.54, 1.807) is 5.79 Å². The van der Waals surface area contributed by atoms with E-state index in [0.717, 1.165) is 5.69 Å². The van der Waals surface area contributed by atoms with Crippen LogP contribution in [0.4, 0.5) is 11.4 Å². The fourth-order valence-corrected chi connectivity index (χ4v) is 14.8. The molecular formula is C17H28N2S2Sn2. The topological polar surface area (TPSA) is 38.0 Å². The first-order valence-corrected chi connectivity index (χ1v) is 29.5. The van der Waals surface area contributed by atoms with E-state index in [2.05, 4.69) is 59.2 Å². The predicted molar refractivity (Wildman–Crippen MR) is 117 cm³/mol. The molecule has 3 N–H and O–H groups in total. The number of nitrogens with one attached hydrogen (secondary N) is 1. The van der Waals surface area contributed by atoms with Crippen LogP contribution in [0.2, 0.25) is 29.6 Å². The van der Waals surface area contributed by atoms with Crippen molar-refractivity contribution in [3.8, 4) is 0 Å². The van der Waals surface area contributed by atoms with E-state index in [-0.39, 0.29) is 0 Å². The Hall–Kier alpha value is 0.337. The molecule has 0 unspecified atom stereocenters. The Labute approximate surface area is 156 Å². The molecule has 0 aliphatic heterocycles. The average Bonchev–Trinajstić information content (AvgIpc) is 2.98. The van der Waals surface area contributed by atoms with Gasteiger partial charge in [-0.15, -0.1) is 0 Å². The van der Waals surface area contributed by atoms with Crippen molar-refractivity contribution in [2.45, 2.75) is 29.6 Å². The van der Waals surface area contributed by atoms with Crippen LogP contribution in [0.5, 0.6) is 0 Å². The fourth-order valence-electron chi connectivity index (χ4n) is 2.16. The molecule has 0 saturated carbocycles. The Morgan fingerprint density at radius 2 is 1.35 bits per heavy atom. The van der Waals surface area contributed by atoms with E-state index in [1.165, 1.54) is 15.4 Å². The van der Waals surface area contributed by atoms with Crippen LogP contribution in [0, 0.1) is 0 Å². The van der Waals surface area contributed by atoms with Gasteiger partial charge in [-0.25, -0.2) is 0 Å². The maximum absolute atomic E-state index is 6.24. The third-order valence-electron chi connectivity index (χ3n) is 3.69. The van der Waals surface area contributed by atoms with Gasteiger partial charge in [0.25, 0.3) is 0 Å². The molecule has 0 fully saturated rings. The van der Waals surface area contributed by atoms with Crippen LogP contribution in [-0.4, -0.2) is 43.8 Å². The second kappa shape index (κ2) is 7.30. The van der Waals surface area contributed by atoms with Gasteiger partial charge in [0.15, 0.2) is 0 Å². The number of rotatable bonds is 5. The zero-order valence-corrected chi connectivity index (χ0v) is 22.5. The Morgan fingerprint density at radius 1 is 0.870 bits per heavy atom. The van der Waals surface area contributed by atoms with Crippen molar-refractivity contribution in [1.82, 2.24) is 0 Å². The molecule has 2 aromatic rings. The van der Waals surface area contributed by atoms with Gasteiger partial charge in [-0.3, -0.25) is 0 Å². The summed E-state index contributed by atoms with van der Waals surface area (Å²) in [6, 6.07) is 4.57. The van der Waals surface area contributed by atoms with Crippen LogP contribution in [0.3, 0.4) is 0 Å². The summed E-state index contributed by atoms with van der Waals surface area (Å²) in [4.78, 5) is 17.2. The Balaban J connectivity index is 2.34. The first-order valence-electron chi connectivity index (χ1n) is 7.92. The number of anilines is 2. The van der Waals surface area contributed by atoms with Gasteiger partial charge in [-0.1, -0.05) is 0 Å². The molecule has 0 bridgehead atoms. The van der Waals surface area contributed by atoms with Gasteiger partial charge in [0.05, 0.1) is 0 Å². The van der Waals surface area contributed by atoms with Crippen molar-refractivity contribution >= 4 is 88.7 Å². The minimum absolute atomic E-state index is 0.936. The second-order valence-corrected chi connectivity index (χ2v) is 40.9. The molecule has 2 nitrogen and oxygen atoms in total. The third-order valence-corrected chi connectivity index (χ3v) is 24.8. The molecule has 0 aliphatic carbocycles. The summed E-state index contributed by atoms with van der Waals surface area (Å²) < 4.78 is 3.15. The van der Waals surface area contributed by atoms with E-state index in [0.29, 0.717) is 0 Å². The van der Waals surface area contributed by atoms with Crippen LogP contribution < -0.4 is 16.8 Å². The predicted octanol–water partition coefficient (Wildman–Crippen LogP) is 4.69. The molecule has 0 radical (unpaired) electrons. The minimum atomic E-state index is -2.02. The van der Waals surface area contributed by atoms with Gasteiger partial charge in [0, 0.05) is 0 Å². The molecule has 0 saturated heterocycles. The number of nitrogen functional groups attached to an aromatic ring is 1. The molecule has 2 heterocycles. The third kappa shape index (κ3) is 4.92. The maximum atomic E-state index is 6.24. The Bertz CT molecular complexity index is 716. The summed E-state index contributed by atoms with van der Waals surface area (Å²) in [5.41, 5.74) is 8.42. The van der Waals surface area contributed by atoms with Gasteiger partial charge in [0.2, 0.25) is 0 Å². The molecule has 2 rings (SSSR count). The molecule has 0 aromatic carbocycles. The molecule has 23 heavy (non-hydrogen) atoms. The molecule has 0 aliphatic rings. The second-order valence-electron chi connectivity index (χ2n) is 7.90. The monoisotopic (exact) mass is 564 g/mol. The van der Waals surface area contributed by atoms with Crippen molar-refractivity contribution in [2.24, 2.45) is 0 Å². The van der Waals surface area contributed by atoms with Crippen molar-refractivity contribution in [3.05, 3.63) is 21.9 Å².